The first-order valence-electron chi connectivity index (χ1n) is 27.4. The van der Waals surface area contributed by atoms with Gasteiger partial charge in [-0.05, 0) is 127 Å². The van der Waals surface area contributed by atoms with Crippen LogP contribution in [0.3, 0.4) is 0 Å². The first kappa shape index (κ1) is 57.8. The summed E-state index contributed by atoms with van der Waals surface area (Å²) in [5.74, 6) is -3.65. The second-order valence-electron chi connectivity index (χ2n) is 22.1. The number of alkyl halides is 3. The van der Waals surface area contributed by atoms with Crippen molar-refractivity contribution in [2.45, 2.75) is 57.0 Å². The number of anilines is 3. The first-order valence-corrected chi connectivity index (χ1v) is 28.5. The molecule has 6 aromatic carbocycles. The Labute approximate surface area is 483 Å². The van der Waals surface area contributed by atoms with Crippen LogP contribution < -0.4 is 14.7 Å². The van der Waals surface area contributed by atoms with Gasteiger partial charge < -0.3 is 29.4 Å². The molecule has 3 saturated heterocycles. The Bertz CT molecular complexity index is 2940. The highest BCUT2D eigenvalue weighted by Gasteiger charge is 2.63. The van der Waals surface area contributed by atoms with E-state index in [0.29, 0.717) is 110 Å². The molecule has 6 aromatic rings. The zero-order valence-electron chi connectivity index (χ0n) is 45.3. The Balaban J connectivity index is 0.000000136. The van der Waals surface area contributed by atoms with E-state index in [1.54, 1.807) is 14.7 Å². The van der Waals surface area contributed by atoms with Crippen LogP contribution in [0.1, 0.15) is 52.6 Å². The van der Waals surface area contributed by atoms with Gasteiger partial charge in [-0.25, -0.2) is 26.3 Å². The van der Waals surface area contributed by atoms with Crippen molar-refractivity contribution in [3.8, 4) is 0 Å². The van der Waals surface area contributed by atoms with E-state index >= 15 is 13.2 Å². The number of amides is 3. The maximum atomic E-state index is 15.1. The first-order chi connectivity index (χ1) is 38.6. The van der Waals surface area contributed by atoms with Crippen molar-refractivity contribution in [1.29, 1.82) is 0 Å². The molecule has 0 aromatic heterocycles. The number of rotatable bonds is 9. The van der Waals surface area contributed by atoms with E-state index in [1.807, 2.05) is 75.4 Å². The summed E-state index contributed by atoms with van der Waals surface area (Å²) in [5, 5.41) is 2.07. The number of benzene rings is 6. The molecular formula is C63H63Cl3F6N6O3. The molecule has 0 spiro atoms. The predicted octanol–water partition coefficient (Wildman–Crippen LogP) is 13.0. The molecular weight excluding hydrogens is 1110 g/mol. The van der Waals surface area contributed by atoms with Gasteiger partial charge in [-0.1, -0.05) is 89.4 Å². The van der Waals surface area contributed by atoms with Gasteiger partial charge in [-0.2, -0.15) is 0 Å². The Hall–Kier alpha value is -6.42. The van der Waals surface area contributed by atoms with Gasteiger partial charge in [-0.15, -0.1) is 0 Å². The number of aryl methyl sites for hydroxylation is 3. The lowest BCUT2D eigenvalue weighted by molar-refractivity contribution is -0.134. The van der Waals surface area contributed by atoms with E-state index in [0.717, 1.165) is 33.8 Å². The SMILES string of the molecule is Cc1ccc(Cl)cc1N1CCN(C(=O)[C@@H]2C[C@]2(F)c2ccc(F)cc2)CC1.Cc1ccc(Cl)cc1N1CCN(C(=O)[C@@H]2C[C@]2(F)c2ccc(F)cc2)CC1.Cc1ccc(Cl)cc1N1CCN(C(=O)[C@H]2C[C@@]2(F)c2ccc(F)cc2)CC1. The summed E-state index contributed by atoms with van der Waals surface area (Å²) in [4.78, 5) is 50.1. The lowest BCUT2D eigenvalue weighted by Crippen LogP contribution is -2.49. The van der Waals surface area contributed by atoms with Crippen LogP contribution in [-0.2, 0) is 31.4 Å². The van der Waals surface area contributed by atoms with Crippen molar-refractivity contribution in [3.05, 3.63) is 193 Å². The second kappa shape index (κ2) is 23.4. The summed E-state index contributed by atoms with van der Waals surface area (Å²) in [6.07, 6.45) is 0.515. The third kappa shape index (κ3) is 12.5. The molecule has 18 heteroatoms. The summed E-state index contributed by atoms with van der Waals surface area (Å²) in [5.41, 5.74) is 2.82. The van der Waals surface area contributed by atoms with Gasteiger partial charge in [0.2, 0.25) is 17.7 Å². The summed E-state index contributed by atoms with van der Waals surface area (Å²) in [6, 6.07) is 33.4. The van der Waals surface area contributed by atoms with E-state index in [9.17, 15) is 27.6 Å². The van der Waals surface area contributed by atoms with E-state index in [4.69, 9.17) is 34.8 Å². The highest BCUT2D eigenvalue weighted by molar-refractivity contribution is 6.31. The smallest absolute Gasteiger partial charge is 0.229 e. The molecule has 0 unspecified atom stereocenters. The molecule has 3 aliphatic carbocycles. The van der Waals surface area contributed by atoms with Crippen LogP contribution in [0, 0.1) is 56.0 Å². The molecule has 9 nitrogen and oxygen atoms in total. The Kier molecular flexibility index (Phi) is 16.7. The lowest BCUT2D eigenvalue weighted by atomic mass is 10.1. The normalized spacial score (nSPS) is 24.8. The van der Waals surface area contributed by atoms with Crippen LogP contribution in [0.5, 0.6) is 0 Å². The number of carbonyl (C=O) groups excluding carboxylic acids is 3. The van der Waals surface area contributed by atoms with E-state index in [2.05, 4.69) is 14.7 Å². The van der Waals surface area contributed by atoms with Gasteiger partial charge in [0.05, 0.1) is 17.8 Å². The molecule has 3 amide bonds. The van der Waals surface area contributed by atoms with Crippen LogP contribution in [-0.4, -0.2) is 111 Å². The van der Waals surface area contributed by atoms with Gasteiger partial charge in [0.25, 0.3) is 0 Å². The summed E-state index contributed by atoms with van der Waals surface area (Å²) >= 11 is 18.3. The largest absolute Gasteiger partial charge is 0.368 e. The third-order valence-corrected chi connectivity index (χ3v) is 17.6. The Morgan fingerprint density at radius 1 is 0.370 bits per heavy atom. The number of nitrogens with zero attached hydrogens (tertiary/aromatic N) is 6. The quantitative estimate of drug-likeness (QED) is 0.134. The minimum Gasteiger partial charge on any atom is -0.368 e. The number of halogens is 9. The molecule has 3 aliphatic heterocycles. The average Bonchev–Trinajstić information content (AvgIpc) is 3.38. The van der Waals surface area contributed by atoms with E-state index < -0.39 is 52.2 Å². The standard InChI is InChI=1S/3C21H21ClF2N2O/c3*1-14-2-5-16(22)12-19(14)25-8-10-26(11-9-25)20(27)18-13-21(18,24)15-3-6-17(23)7-4-15/h3*2-7,12,18H,8-11,13H2,1H3/t3*18-,21-/m100/s1. The van der Waals surface area contributed by atoms with Crippen LogP contribution in [0.15, 0.2) is 127 Å². The molecule has 0 radical (unpaired) electrons. The fourth-order valence-corrected chi connectivity index (χ4v) is 12.1. The van der Waals surface area contributed by atoms with Gasteiger partial charge in [-0.3, -0.25) is 14.4 Å². The number of hydrogen-bond acceptors (Lipinski definition) is 6. The number of hydrogen-bond donors (Lipinski definition) is 0. The summed E-state index contributed by atoms with van der Waals surface area (Å²) in [6.45, 7) is 13.6. The molecule has 81 heavy (non-hydrogen) atoms. The number of piperazine rings is 3. The zero-order valence-corrected chi connectivity index (χ0v) is 47.5. The Morgan fingerprint density at radius 3 is 0.815 bits per heavy atom. The molecule has 3 heterocycles. The maximum absolute atomic E-state index is 15.1. The predicted molar refractivity (Wildman–Crippen MR) is 307 cm³/mol. The van der Waals surface area contributed by atoms with Crippen molar-refractivity contribution in [2.24, 2.45) is 17.8 Å². The topological polar surface area (TPSA) is 70.7 Å². The lowest BCUT2D eigenvalue weighted by Gasteiger charge is -2.37. The van der Waals surface area contributed by atoms with Gasteiger partial charge >= 0.3 is 0 Å². The molecule has 426 valence electrons. The van der Waals surface area contributed by atoms with Gasteiger partial charge in [0.15, 0.2) is 0 Å². The molecule has 12 rings (SSSR count). The maximum Gasteiger partial charge on any atom is 0.229 e. The van der Waals surface area contributed by atoms with E-state index in [-0.39, 0.29) is 37.0 Å². The van der Waals surface area contributed by atoms with E-state index in [1.165, 1.54) is 72.8 Å². The van der Waals surface area contributed by atoms with Crippen molar-refractivity contribution in [1.82, 2.24) is 14.7 Å². The highest BCUT2D eigenvalue weighted by Crippen LogP contribution is 2.58. The van der Waals surface area contributed by atoms with Crippen molar-refractivity contribution in [2.75, 3.05) is 93.2 Å². The molecule has 0 bridgehead atoms. The third-order valence-electron chi connectivity index (χ3n) is 16.9. The van der Waals surface area contributed by atoms with Crippen LogP contribution >= 0.6 is 34.8 Å². The van der Waals surface area contributed by atoms with Crippen molar-refractivity contribution < 1.29 is 40.7 Å². The monoisotopic (exact) mass is 1170 g/mol. The van der Waals surface area contributed by atoms with Gasteiger partial charge in [0.1, 0.15) is 34.5 Å². The second-order valence-corrected chi connectivity index (χ2v) is 23.4. The highest BCUT2D eigenvalue weighted by atomic mass is 35.5. The number of carbonyl (C=O) groups is 3. The molecule has 6 fully saturated rings. The minimum absolute atomic E-state index is 0.149. The fourth-order valence-electron chi connectivity index (χ4n) is 11.6. The van der Waals surface area contributed by atoms with Gasteiger partial charge in [0, 0.05) is 130 Å². The van der Waals surface area contributed by atoms with Crippen LogP contribution in [0.4, 0.5) is 43.4 Å². The van der Waals surface area contributed by atoms with Crippen LogP contribution in [0.25, 0.3) is 0 Å². The fraction of sp³-hybridized carbons (Fsp3) is 0.381. The average molecular weight is 1170 g/mol. The molecule has 6 aliphatic rings. The molecule has 6 atom stereocenters. The summed E-state index contributed by atoms with van der Waals surface area (Å²) in [7, 11) is 0. The zero-order chi connectivity index (χ0) is 57.5. The summed E-state index contributed by atoms with van der Waals surface area (Å²) < 4.78 is 84.4. The Morgan fingerprint density at radius 2 is 0.593 bits per heavy atom. The molecule has 0 N–H and O–H groups in total. The van der Waals surface area contributed by atoms with Crippen molar-refractivity contribution in [3.63, 3.8) is 0 Å². The molecule has 3 saturated carbocycles. The van der Waals surface area contributed by atoms with Crippen LogP contribution in [0.2, 0.25) is 15.1 Å². The minimum atomic E-state index is -1.66. The van der Waals surface area contributed by atoms with Crippen molar-refractivity contribution >= 4 is 69.6 Å².